The SMILES string of the molecule is Cc1ccc(NC(=O)Cc2ccc(F)cc2)cc1-n1cnnn1. The van der Waals surface area contributed by atoms with Crippen LogP contribution in [0.15, 0.2) is 48.8 Å². The van der Waals surface area contributed by atoms with Crippen molar-refractivity contribution in [1.82, 2.24) is 20.2 Å². The highest BCUT2D eigenvalue weighted by Crippen LogP contribution is 2.18. The lowest BCUT2D eigenvalue weighted by atomic mass is 10.1. The van der Waals surface area contributed by atoms with Gasteiger partial charge in [-0.05, 0) is 52.7 Å². The minimum absolute atomic E-state index is 0.175. The molecule has 1 aromatic heterocycles. The highest BCUT2D eigenvalue weighted by Gasteiger charge is 2.08. The van der Waals surface area contributed by atoms with Gasteiger partial charge >= 0.3 is 0 Å². The largest absolute Gasteiger partial charge is 0.326 e. The molecule has 0 fully saturated rings. The molecule has 3 aromatic rings. The molecule has 6 nitrogen and oxygen atoms in total. The number of nitrogens with zero attached hydrogens (tertiary/aromatic N) is 4. The van der Waals surface area contributed by atoms with Gasteiger partial charge in [-0.15, -0.1) is 5.10 Å². The number of carbonyl (C=O) groups excluding carboxylic acids is 1. The summed E-state index contributed by atoms with van der Waals surface area (Å²) < 4.78 is 14.4. The van der Waals surface area contributed by atoms with E-state index in [1.54, 1.807) is 18.2 Å². The molecule has 23 heavy (non-hydrogen) atoms. The molecule has 1 heterocycles. The third-order valence-electron chi connectivity index (χ3n) is 3.37. The van der Waals surface area contributed by atoms with E-state index in [1.807, 2.05) is 19.1 Å². The van der Waals surface area contributed by atoms with E-state index < -0.39 is 0 Å². The normalized spacial score (nSPS) is 10.5. The van der Waals surface area contributed by atoms with Crippen molar-refractivity contribution in [1.29, 1.82) is 0 Å². The van der Waals surface area contributed by atoms with Gasteiger partial charge < -0.3 is 5.32 Å². The van der Waals surface area contributed by atoms with E-state index in [9.17, 15) is 9.18 Å². The van der Waals surface area contributed by atoms with Crippen LogP contribution in [0.1, 0.15) is 11.1 Å². The van der Waals surface area contributed by atoms with Gasteiger partial charge in [-0.3, -0.25) is 4.79 Å². The van der Waals surface area contributed by atoms with Gasteiger partial charge in [-0.2, -0.15) is 0 Å². The van der Waals surface area contributed by atoms with Gasteiger partial charge in [0, 0.05) is 5.69 Å². The Balaban J connectivity index is 1.74. The van der Waals surface area contributed by atoms with Crippen LogP contribution in [0, 0.1) is 12.7 Å². The van der Waals surface area contributed by atoms with E-state index in [-0.39, 0.29) is 18.1 Å². The van der Waals surface area contributed by atoms with Gasteiger partial charge in [0.25, 0.3) is 0 Å². The van der Waals surface area contributed by atoms with Crippen molar-refractivity contribution in [2.45, 2.75) is 13.3 Å². The quantitative estimate of drug-likeness (QED) is 0.802. The highest BCUT2D eigenvalue weighted by molar-refractivity contribution is 5.92. The molecule has 0 aliphatic carbocycles. The fraction of sp³-hybridized carbons (Fsp3) is 0.125. The van der Waals surface area contributed by atoms with Crippen LogP contribution < -0.4 is 5.32 Å². The summed E-state index contributed by atoms with van der Waals surface area (Å²) in [5, 5.41) is 13.9. The maximum atomic E-state index is 12.9. The minimum Gasteiger partial charge on any atom is -0.326 e. The number of hydrogen-bond donors (Lipinski definition) is 1. The van der Waals surface area contributed by atoms with Crippen LogP contribution in [-0.4, -0.2) is 26.1 Å². The van der Waals surface area contributed by atoms with Crippen LogP contribution in [0.5, 0.6) is 0 Å². The Morgan fingerprint density at radius 3 is 2.70 bits per heavy atom. The molecule has 2 aromatic carbocycles. The van der Waals surface area contributed by atoms with Gasteiger partial charge in [0.15, 0.2) is 0 Å². The number of anilines is 1. The molecular formula is C16H14FN5O. The molecule has 0 saturated carbocycles. The van der Waals surface area contributed by atoms with Crippen molar-refractivity contribution in [2.75, 3.05) is 5.32 Å². The molecule has 7 heteroatoms. The van der Waals surface area contributed by atoms with Gasteiger partial charge in [-0.25, -0.2) is 9.07 Å². The number of rotatable bonds is 4. The molecule has 0 spiro atoms. The van der Waals surface area contributed by atoms with Crippen LogP contribution in [0.4, 0.5) is 10.1 Å². The molecule has 0 aliphatic rings. The van der Waals surface area contributed by atoms with Crippen LogP contribution >= 0.6 is 0 Å². The number of halogens is 1. The van der Waals surface area contributed by atoms with Gasteiger partial charge in [-0.1, -0.05) is 18.2 Å². The average molecular weight is 311 g/mol. The van der Waals surface area contributed by atoms with E-state index in [0.29, 0.717) is 5.69 Å². The van der Waals surface area contributed by atoms with Crippen molar-refractivity contribution >= 4 is 11.6 Å². The smallest absolute Gasteiger partial charge is 0.228 e. The lowest BCUT2D eigenvalue weighted by molar-refractivity contribution is -0.115. The third-order valence-corrected chi connectivity index (χ3v) is 3.37. The van der Waals surface area contributed by atoms with E-state index >= 15 is 0 Å². The van der Waals surface area contributed by atoms with E-state index in [1.165, 1.54) is 23.1 Å². The zero-order chi connectivity index (χ0) is 16.2. The third kappa shape index (κ3) is 3.57. The molecule has 0 radical (unpaired) electrons. The maximum absolute atomic E-state index is 12.9. The molecule has 1 N–H and O–H groups in total. The predicted octanol–water partition coefficient (Wildman–Crippen LogP) is 2.29. The van der Waals surface area contributed by atoms with Gasteiger partial charge in [0.2, 0.25) is 5.91 Å². The summed E-state index contributed by atoms with van der Waals surface area (Å²) >= 11 is 0. The lowest BCUT2D eigenvalue weighted by Gasteiger charge is -2.09. The van der Waals surface area contributed by atoms with Crippen LogP contribution in [-0.2, 0) is 11.2 Å². The summed E-state index contributed by atoms with van der Waals surface area (Å²) in [6.07, 6.45) is 1.67. The molecule has 116 valence electrons. The Hall–Kier alpha value is -3.09. The predicted molar refractivity (Wildman–Crippen MR) is 82.6 cm³/mol. The number of carbonyl (C=O) groups is 1. The number of benzene rings is 2. The molecule has 0 aliphatic heterocycles. The first-order valence-electron chi connectivity index (χ1n) is 7.00. The molecule has 0 unspecified atom stereocenters. The van der Waals surface area contributed by atoms with Crippen molar-refractivity contribution in [3.63, 3.8) is 0 Å². The fourth-order valence-corrected chi connectivity index (χ4v) is 2.20. The van der Waals surface area contributed by atoms with Crippen LogP contribution in [0.2, 0.25) is 0 Å². The van der Waals surface area contributed by atoms with E-state index in [4.69, 9.17) is 0 Å². The number of nitrogens with one attached hydrogen (secondary N) is 1. The number of aryl methyl sites for hydroxylation is 1. The Morgan fingerprint density at radius 1 is 1.22 bits per heavy atom. The van der Waals surface area contributed by atoms with Crippen LogP contribution in [0.3, 0.4) is 0 Å². The Labute approximate surface area is 132 Å². The second-order valence-corrected chi connectivity index (χ2v) is 5.11. The molecule has 3 rings (SSSR count). The monoisotopic (exact) mass is 311 g/mol. The van der Waals surface area contributed by atoms with Crippen molar-refractivity contribution in [3.05, 3.63) is 65.7 Å². The summed E-state index contributed by atoms with van der Waals surface area (Å²) in [6, 6.07) is 11.4. The second kappa shape index (κ2) is 6.35. The number of amides is 1. The number of aromatic nitrogens is 4. The van der Waals surface area contributed by atoms with Gasteiger partial charge in [0.1, 0.15) is 12.1 Å². The average Bonchev–Trinajstić information content (AvgIpc) is 3.06. The second-order valence-electron chi connectivity index (χ2n) is 5.11. The van der Waals surface area contributed by atoms with Crippen molar-refractivity contribution in [2.24, 2.45) is 0 Å². The molecular weight excluding hydrogens is 297 g/mol. The number of tetrazole rings is 1. The first kappa shape index (κ1) is 14.8. The maximum Gasteiger partial charge on any atom is 0.228 e. The minimum atomic E-state index is -0.321. The van der Waals surface area contributed by atoms with Gasteiger partial charge in [0.05, 0.1) is 12.1 Å². The molecule has 1 amide bonds. The Morgan fingerprint density at radius 2 is 2.00 bits per heavy atom. The lowest BCUT2D eigenvalue weighted by Crippen LogP contribution is -2.14. The van der Waals surface area contributed by atoms with E-state index in [0.717, 1.165) is 16.8 Å². The topological polar surface area (TPSA) is 72.7 Å². The first-order chi connectivity index (χ1) is 11.1. The summed E-state index contributed by atoms with van der Waals surface area (Å²) in [5.74, 6) is -0.498. The first-order valence-corrected chi connectivity index (χ1v) is 7.00. The van der Waals surface area contributed by atoms with Crippen molar-refractivity contribution < 1.29 is 9.18 Å². The fourth-order valence-electron chi connectivity index (χ4n) is 2.20. The van der Waals surface area contributed by atoms with Crippen LogP contribution in [0.25, 0.3) is 5.69 Å². The zero-order valence-electron chi connectivity index (χ0n) is 12.4. The Kier molecular flexibility index (Phi) is 4.09. The van der Waals surface area contributed by atoms with E-state index in [2.05, 4.69) is 20.8 Å². The zero-order valence-corrected chi connectivity index (χ0v) is 12.4. The summed E-state index contributed by atoms with van der Waals surface area (Å²) in [6.45, 7) is 1.93. The summed E-state index contributed by atoms with van der Waals surface area (Å²) in [5.41, 5.74) is 3.16. The molecule has 0 atom stereocenters. The summed E-state index contributed by atoms with van der Waals surface area (Å²) in [4.78, 5) is 12.1. The van der Waals surface area contributed by atoms with Crippen molar-refractivity contribution in [3.8, 4) is 5.69 Å². The highest BCUT2D eigenvalue weighted by atomic mass is 19.1. The molecule has 0 bridgehead atoms. The summed E-state index contributed by atoms with van der Waals surface area (Å²) in [7, 11) is 0. The standard InChI is InChI=1S/C16H14FN5O/c1-11-2-7-14(9-15(11)22-10-18-20-21-22)19-16(23)8-12-3-5-13(17)6-4-12/h2-7,9-10H,8H2,1H3,(H,19,23). The number of hydrogen-bond acceptors (Lipinski definition) is 4. The molecule has 0 saturated heterocycles. The Bertz CT molecular complexity index is 815.